The SMILES string of the molecule is Cn1ncc2c(=O)n(CC(=O)N3CC(=O)Nc4ccccc43)cnc21. The number of hydrogen-bond acceptors (Lipinski definition) is 5. The first-order chi connectivity index (χ1) is 12.0. The van der Waals surface area contributed by atoms with Gasteiger partial charge in [-0.2, -0.15) is 5.10 Å². The van der Waals surface area contributed by atoms with Gasteiger partial charge in [0, 0.05) is 7.05 Å². The van der Waals surface area contributed by atoms with E-state index in [0.29, 0.717) is 22.4 Å². The largest absolute Gasteiger partial charge is 0.323 e. The van der Waals surface area contributed by atoms with E-state index in [4.69, 9.17) is 0 Å². The Kier molecular flexibility index (Phi) is 3.34. The molecule has 25 heavy (non-hydrogen) atoms. The van der Waals surface area contributed by atoms with Crippen molar-refractivity contribution in [3.8, 4) is 0 Å². The zero-order valence-corrected chi connectivity index (χ0v) is 13.3. The third kappa shape index (κ3) is 2.45. The Morgan fingerprint density at radius 2 is 2.08 bits per heavy atom. The molecule has 0 spiro atoms. The highest BCUT2D eigenvalue weighted by atomic mass is 16.2. The van der Waals surface area contributed by atoms with E-state index in [1.807, 2.05) is 0 Å². The molecule has 2 aromatic heterocycles. The molecular formula is C16H14N6O3. The fourth-order valence-corrected chi connectivity index (χ4v) is 2.87. The first-order valence-corrected chi connectivity index (χ1v) is 7.61. The van der Waals surface area contributed by atoms with Crippen LogP contribution in [-0.2, 0) is 23.2 Å². The maximum Gasteiger partial charge on any atom is 0.264 e. The van der Waals surface area contributed by atoms with Gasteiger partial charge in [0.1, 0.15) is 24.8 Å². The van der Waals surface area contributed by atoms with E-state index in [9.17, 15) is 14.4 Å². The average molecular weight is 338 g/mol. The van der Waals surface area contributed by atoms with E-state index in [1.165, 1.54) is 26.7 Å². The molecule has 3 heterocycles. The average Bonchev–Trinajstić information content (AvgIpc) is 2.98. The summed E-state index contributed by atoms with van der Waals surface area (Å²) in [6, 6.07) is 7.03. The lowest BCUT2D eigenvalue weighted by Crippen LogP contribution is -2.44. The predicted molar refractivity (Wildman–Crippen MR) is 90.2 cm³/mol. The van der Waals surface area contributed by atoms with Crippen LogP contribution < -0.4 is 15.8 Å². The summed E-state index contributed by atoms with van der Waals surface area (Å²) in [6.07, 6.45) is 2.75. The van der Waals surface area contributed by atoms with E-state index in [-0.39, 0.29) is 30.5 Å². The summed E-state index contributed by atoms with van der Waals surface area (Å²) in [6.45, 7) is -0.300. The normalized spacial score (nSPS) is 13.6. The Hall–Kier alpha value is -3.49. The number of para-hydroxylation sites is 2. The fourth-order valence-electron chi connectivity index (χ4n) is 2.87. The number of aromatic nitrogens is 4. The van der Waals surface area contributed by atoms with Crippen molar-refractivity contribution in [2.45, 2.75) is 6.54 Å². The van der Waals surface area contributed by atoms with Gasteiger partial charge in [-0.25, -0.2) is 4.98 Å². The number of carbonyl (C=O) groups excluding carboxylic acids is 2. The molecule has 2 amide bonds. The molecule has 1 aliphatic rings. The monoisotopic (exact) mass is 338 g/mol. The van der Waals surface area contributed by atoms with Crippen LogP contribution in [0.15, 0.2) is 41.6 Å². The van der Waals surface area contributed by atoms with Crippen molar-refractivity contribution in [2.24, 2.45) is 7.05 Å². The standard InChI is InChI=1S/C16H14N6O3/c1-20-15-10(6-18-20)16(25)21(9-17-15)8-14(24)22-7-13(23)19-11-4-2-3-5-12(11)22/h2-6,9H,7-8H2,1H3,(H,19,23). The summed E-state index contributed by atoms with van der Waals surface area (Å²) in [5.74, 6) is -0.644. The Morgan fingerprint density at radius 3 is 2.92 bits per heavy atom. The van der Waals surface area contributed by atoms with Crippen molar-refractivity contribution in [1.82, 2.24) is 19.3 Å². The van der Waals surface area contributed by atoms with Gasteiger partial charge in [-0.15, -0.1) is 0 Å². The highest BCUT2D eigenvalue weighted by molar-refractivity contribution is 6.09. The molecule has 0 aliphatic carbocycles. The van der Waals surface area contributed by atoms with Crippen LogP contribution in [0.3, 0.4) is 0 Å². The fraction of sp³-hybridized carbons (Fsp3) is 0.188. The first kappa shape index (κ1) is 15.1. The minimum atomic E-state index is -0.366. The van der Waals surface area contributed by atoms with Gasteiger partial charge in [0.25, 0.3) is 5.56 Å². The summed E-state index contributed by atoms with van der Waals surface area (Å²) in [5, 5.41) is 7.06. The molecule has 0 radical (unpaired) electrons. The number of fused-ring (bicyclic) bond motifs is 2. The zero-order valence-electron chi connectivity index (χ0n) is 13.3. The lowest BCUT2D eigenvalue weighted by molar-refractivity contribution is -0.122. The van der Waals surface area contributed by atoms with Crippen LogP contribution in [0, 0.1) is 0 Å². The van der Waals surface area contributed by atoms with Crippen molar-refractivity contribution in [3.63, 3.8) is 0 Å². The van der Waals surface area contributed by atoms with Crippen LogP contribution in [0.2, 0.25) is 0 Å². The van der Waals surface area contributed by atoms with Gasteiger partial charge >= 0.3 is 0 Å². The third-order valence-corrected chi connectivity index (χ3v) is 4.10. The summed E-state index contributed by atoms with van der Waals surface area (Å²) in [5.41, 5.74) is 1.29. The van der Waals surface area contributed by atoms with Crippen molar-refractivity contribution < 1.29 is 9.59 Å². The second-order valence-corrected chi connectivity index (χ2v) is 5.73. The minimum absolute atomic E-state index is 0.0901. The number of anilines is 2. The summed E-state index contributed by atoms with van der Waals surface area (Å²) in [7, 11) is 1.69. The van der Waals surface area contributed by atoms with E-state index in [2.05, 4.69) is 15.4 Å². The quantitative estimate of drug-likeness (QED) is 0.715. The number of nitrogens with one attached hydrogen (secondary N) is 1. The lowest BCUT2D eigenvalue weighted by Gasteiger charge is -2.29. The number of amides is 2. The Morgan fingerprint density at radius 1 is 1.28 bits per heavy atom. The zero-order chi connectivity index (χ0) is 17.6. The highest BCUT2D eigenvalue weighted by Gasteiger charge is 2.27. The molecule has 4 rings (SSSR count). The molecule has 0 saturated heterocycles. The molecule has 1 N–H and O–H groups in total. The number of carbonyl (C=O) groups is 2. The molecule has 3 aromatic rings. The Balaban J connectivity index is 1.68. The van der Waals surface area contributed by atoms with Gasteiger partial charge in [0.05, 0.1) is 17.6 Å². The van der Waals surface area contributed by atoms with Gasteiger partial charge in [0.2, 0.25) is 11.8 Å². The van der Waals surface area contributed by atoms with E-state index in [0.717, 1.165) is 0 Å². The van der Waals surface area contributed by atoms with Crippen molar-refractivity contribution in [1.29, 1.82) is 0 Å². The molecule has 0 bridgehead atoms. The summed E-state index contributed by atoms with van der Waals surface area (Å²) < 4.78 is 2.72. The number of rotatable bonds is 2. The molecule has 0 unspecified atom stereocenters. The lowest BCUT2D eigenvalue weighted by atomic mass is 10.2. The van der Waals surface area contributed by atoms with E-state index < -0.39 is 0 Å². The number of benzene rings is 1. The van der Waals surface area contributed by atoms with Crippen LogP contribution in [0.4, 0.5) is 11.4 Å². The van der Waals surface area contributed by atoms with Gasteiger partial charge in [-0.3, -0.25) is 28.5 Å². The molecule has 1 aromatic carbocycles. The third-order valence-electron chi connectivity index (χ3n) is 4.10. The molecule has 9 heteroatoms. The summed E-state index contributed by atoms with van der Waals surface area (Å²) in [4.78, 5) is 42.6. The molecule has 9 nitrogen and oxygen atoms in total. The van der Waals surface area contributed by atoms with Gasteiger partial charge in [-0.1, -0.05) is 12.1 Å². The molecule has 126 valence electrons. The Labute approximate surface area is 141 Å². The van der Waals surface area contributed by atoms with Crippen molar-refractivity contribution >= 4 is 34.2 Å². The van der Waals surface area contributed by atoms with Gasteiger partial charge < -0.3 is 5.32 Å². The van der Waals surface area contributed by atoms with Crippen LogP contribution in [0.1, 0.15) is 0 Å². The predicted octanol–water partition coefficient (Wildman–Crippen LogP) is 0.115. The Bertz CT molecular complexity index is 1070. The van der Waals surface area contributed by atoms with Gasteiger partial charge in [0.15, 0.2) is 5.65 Å². The van der Waals surface area contributed by atoms with Crippen LogP contribution in [-0.4, -0.2) is 37.7 Å². The molecule has 1 aliphatic heterocycles. The minimum Gasteiger partial charge on any atom is -0.323 e. The van der Waals surface area contributed by atoms with E-state index >= 15 is 0 Å². The van der Waals surface area contributed by atoms with Crippen LogP contribution >= 0.6 is 0 Å². The maximum atomic E-state index is 12.7. The maximum absolute atomic E-state index is 12.7. The van der Waals surface area contributed by atoms with E-state index in [1.54, 1.807) is 31.3 Å². The molecule has 0 saturated carbocycles. The van der Waals surface area contributed by atoms with Gasteiger partial charge in [-0.05, 0) is 12.1 Å². The molecule has 0 fully saturated rings. The smallest absolute Gasteiger partial charge is 0.264 e. The van der Waals surface area contributed by atoms with Crippen LogP contribution in [0.25, 0.3) is 11.0 Å². The second-order valence-electron chi connectivity index (χ2n) is 5.73. The molecule has 0 atom stereocenters. The summed E-state index contributed by atoms with van der Waals surface area (Å²) >= 11 is 0. The van der Waals surface area contributed by atoms with Crippen molar-refractivity contribution in [2.75, 3.05) is 16.8 Å². The second kappa shape index (κ2) is 5.55. The van der Waals surface area contributed by atoms with Crippen LogP contribution in [0.5, 0.6) is 0 Å². The number of aryl methyl sites for hydroxylation is 1. The number of nitrogens with zero attached hydrogens (tertiary/aromatic N) is 5. The first-order valence-electron chi connectivity index (χ1n) is 7.61. The number of hydrogen-bond donors (Lipinski definition) is 1. The van der Waals surface area contributed by atoms with Crippen molar-refractivity contribution in [3.05, 3.63) is 47.1 Å². The topological polar surface area (TPSA) is 102 Å². The highest BCUT2D eigenvalue weighted by Crippen LogP contribution is 2.28. The molecular weight excluding hydrogens is 324 g/mol.